The van der Waals surface area contributed by atoms with Gasteiger partial charge in [-0.05, 0) is 49.6 Å². The van der Waals surface area contributed by atoms with Crippen LogP contribution < -0.4 is 0 Å². The normalized spacial score (nSPS) is 19.9. The molecule has 1 saturated heterocycles. The predicted octanol–water partition coefficient (Wildman–Crippen LogP) is 5.80. The molecule has 0 bridgehead atoms. The molecule has 3 atom stereocenters. The summed E-state index contributed by atoms with van der Waals surface area (Å²) in [6.07, 6.45) is -1.26. The topological polar surface area (TPSA) is 55.8 Å². The lowest BCUT2D eigenvalue weighted by Gasteiger charge is -2.31. The highest BCUT2D eigenvalue weighted by Gasteiger charge is 2.51. The molecule has 5 heteroatoms. The van der Waals surface area contributed by atoms with Crippen molar-refractivity contribution in [1.29, 1.82) is 0 Å². The summed E-state index contributed by atoms with van der Waals surface area (Å²) in [7, 11) is 0. The van der Waals surface area contributed by atoms with Crippen molar-refractivity contribution in [2.24, 2.45) is 0 Å². The van der Waals surface area contributed by atoms with E-state index in [1.165, 1.54) is 4.90 Å². The van der Waals surface area contributed by atoms with E-state index in [1.807, 2.05) is 100 Å². The Balaban J connectivity index is 1.78. The maximum Gasteiger partial charge on any atom is 0.411 e. The Morgan fingerprint density at radius 2 is 1.61 bits per heavy atom. The first kappa shape index (κ1) is 20.9. The number of rotatable bonds is 4. The van der Waals surface area contributed by atoms with Crippen LogP contribution in [0.3, 0.4) is 0 Å². The number of carbonyl (C=O) groups is 2. The molecule has 3 aromatic carbocycles. The zero-order valence-electron chi connectivity index (χ0n) is 18.2. The summed E-state index contributed by atoms with van der Waals surface area (Å²) < 4.78 is 11.5. The van der Waals surface area contributed by atoms with Crippen molar-refractivity contribution in [1.82, 2.24) is 4.90 Å². The number of amides is 1. The summed E-state index contributed by atoms with van der Waals surface area (Å²) in [5.41, 5.74) is 1.04. The third-order valence-electron chi connectivity index (χ3n) is 5.49. The third kappa shape index (κ3) is 4.13. The van der Waals surface area contributed by atoms with Crippen molar-refractivity contribution >= 4 is 22.8 Å². The van der Waals surface area contributed by atoms with E-state index in [0.29, 0.717) is 0 Å². The van der Waals surface area contributed by atoms with Gasteiger partial charge in [0, 0.05) is 0 Å². The zero-order valence-corrected chi connectivity index (χ0v) is 18.2. The molecule has 31 heavy (non-hydrogen) atoms. The van der Waals surface area contributed by atoms with Crippen molar-refractivity contribution in [3.8, 4) is 0 Å². The molecule has 3 unspecified atom stereocenters. The first-order valence-electron chi connectivity index (χ1n) is 10.5. The summed E-state index contributed by atoms with van der Waals surface area (Å²) in [4.78, 5) is 27.9. The van der Waals surface area contributed by atoms with Crippen LogP contribution in [0.15, 0.2) is 72.8 Å². The minimum Gasteiger partial charge on any atom is -0.458 e. The number of benzene rings is 3. The van der Waals surface area contributed by atoms with Gasteiger partial charge in [0.25, 0.3) is 0 Å². The zero-order chi connectivity index (χ0) is 22.2. The minimum absolute atomic E-state index is 0.384. The molecule has 3 aromatic rings. The van der Waals surface area contributed by atoms with Gasteiger partial charge < -0.3 is 9.47 Å². The van der Waals surface area contributed by atoms with Crippen LogP contribution in [0.2, 0.25) is 0 Å². The Morgan fingerprint density at radius 1 is 0.968 bits per heavy atom. The van der Waals surface area contributed by atoms with Gasteiger partial charge in [0.2, 0.25) is 0 Å². The molecule has 0 N–H and O–H groups in total. The molecule has 0 spiro atoms. The number of esters is 1. The van der Waals surface area contributed by atoms with Gasteiger partial charge in [-0.1, -0.05) is 72.8 Å². The molecule has 4 rings (SSSR count). The van der Waals surface area contributed by atoms with Gasteiger partial charge in [0.15, 0.2) is 12.1 Å². The van der Waals surface area contributed by atoms with Crippen molar-refractivity contribution in [3.63, 3.8) is 0 Å². The molecule has 1 aliphatic rings. The fourth-order valence-electron chi connectivity index (χ4n) is 4.15. The molecule has 0 radical (unpaired) electrons. The van der Waals surface area contributed by atoms with Gasteiger partial charge in [-0.3, -0.25) is 4.90 Å². The van der Waals surface area contributed by atoms with E-state index < -0.39 is 29.8 Å². The predicted molar refractivity (Wildman–Crippen MR) is 119 cm³/mol. The molecule has 0 aliphatic carbocycles. The summed E-state index contributed by atoms with van der Waals surface area (Å²) in [5.74, 6) is -0.473. The highest BCUT2D eigenvalue weighted by atomic mass is 16.6. The summed E-state index contributed by atoms with van der Waals surface area (Å²) in [6, 6.07) is 22.1. The summed E-state index contributed by atoms with van der Waals surface area (Å²) in [6.45, 7) is 7.38. The highest BCUT2D eigenvalue weighted by Crippen LogP contribution is 2.40. The molecule has 5 nitrogen and oxygen atoms in total. The number of nitrogens with zero attached hydrogens (tertiary/aromatic N) is 1. The highest BCUT2D eigenvalue weighted by molar-refractivity contribution is 5.89. The maximum absolute atomic E-state index is 13.3. The van der Waals surface area contributed by atoms with Gasteiger partial charge in [0.1, 0.15) is 5.60 Å². The average Bonchev–Trinajstić information content (AvgIpc) is 3.09. The van der Waals surface area contributed by atoms with E-state index in [1.54, 1.807) is 0 Å². The second kappa shape index (κ2) is 8.06. The Labute approximate surface area is 182 Å². The van der Waals surface area contributed by atoms with Crippen LogP contribution in [-0.2, 0) is 14.3 Å². The van der Waals surface area contributed by atoms with Gasteiger partial charge in [-0.25, -0.2) is 9.59 Å². The van der Waals surface area contributed by atoms with E-state index in [-0.39, 0.29) is 6.04 Å². The molecule has 1 aliphatic heterocycles. The van der Waals surface area contributed by atoms with Crippen LogP contribution in [0.4, 0.5) is 4.79 Å². The van der Waals surface area contributed by atoms with Gasteiger partial charge in [0.05, 0.1) is 6.04 Å². The van der Waals surface area contributed by atoms with Crippen LogP contribution in [0.25, 0.3) is 10.8 Å². The first-order chi connectivity index (χ1) is 14.8. The number of hydrogen-bond donors (Lipinski definition) is 0. The number of carbonyl (C=O) groups excluding carboxylic acids is 2. The maximum atomic E-state index is 13.3. The second-order valence-corrected chi connectivity index (χ2v) is 8.84. The minimum atomic E-state index is -0.886. The van der Waals surface area contributed by atoms with Crippen LogP contribution in [0, 0.1) is 0 Å². The molecular weight excluding hydrogens is 390 g/mol. The van der Waals surface area contributed by atoms with E-state index >= 15 is 0 Å². The van der Waals surface area contributed by atoms with E-state index in [4.69, 9.17) is 9.47 Å². The SMILES string of the molecule is CC(c1cccc2ccccc12)N1C(=O)OC(c2ccccc2)C1C(=O)OC(C)(C)C. The Morgan fingerprint density at radius 3 is 2.32 bits per heavy atom. The average molecular weight is 418 g/mol. The lowest BCUT2D eigenvalue weighted by Crippen LogP contribution is -2.45. The van der Waals surface area contributed by atoms with Crippen LogP contribution in [-0.4, -0.2) is 28.6 Å². The van der Waals surface area contributed by atoms with Crippen molar-refractivity contribution in [2.75, 3.05) is 0 Å². The van der Waals surface area contributed by atoms with Gasteiger partial charge >= 0.3 is 12.1 Å². The van der Waals surface area contributed by atoms with Crippen molar-refractivity contribution in [3.05, 3.63) is 83.9 Å². The third-order valence-corrected chi connectivity index (χ3v) is 5.49. The largest absolute Gasteiger partial charge is 0.458 e. The van der Waals surface area contributed by atoms with Crippen LogP contribution >= 0.6 is 0 Å². The second-order valence-electron chi connectivity index (χ2n) is 8.84. The molecule has 1 fully saturated rings. The number of hydrogen-bond acceptors (Lipinski definition) is 4. The fraction of sp³-hybridized carbons (Fsp3) is 0.308. The van der Waals surface area contributed by atoms with Gasteiger partial charge in [-0.2, -0.15) is 0 Å². The van der Waals surface area contributed by atoms with E-state index in [2.05, 4.69) is 0 Å². The number of ether oxygens (including phenoxy) is 2. The number of cyclic esters (lactones) is 1. The summed E-state index contributed by atoms with van der Waals surface area (Å²) in [5, 5.41) is 2.12. The first-order valence-corrected chi connectivity index (χ1v) is 10.5. The van der Waals surface area contributed by atoms with Gasteiger partial charge in [-0.15, -0.1) is 0 Å². The number of fused-ring (bicyclic) bond motifs is 1. The lowest BCUT2D eigenvalue weighted by atomic mass is 9.96. The molecule has 1 amide bonds. The standard InChI is InChI=1S/C26H27NO4/c1-17(20-16-10-14-18-11-8-9-15-21(18)20)27-22(24(28)31-26(2,3)4)23(30-25(27)29)19-12-6-5-7-13-19/h5-17,22-23H,1-4H3. The summed E-state index contributed by atoms with van der Waals surface area (Å²) >= 11 is 0. The van der Waals surface area contributed by atoms with Crippen molar-refractivity contribution in [2.45, 2.75) is 51.5 Å². The molecular formula is C26H27NO4. The quantitative estimate of drug-likeness (QED) is 0.503. The lowest BCUT2D eigenvalue weighted by molar-refractivity contribution is -0.161. The smallest absolute Gasteiger partial charge is 0.411 e. The Kier molecular flexibility index (Phi) is 5.44. The fourth-order valence-corrected chi connectivity index (χ4v) is 4.15. The molecule has 0 saturated carbocycles. The Bertz CT molecular complexity index is 1100. The Hall–Kier alpha value is -3.34. The molecule has 160 valence electrons. The molecule has 0 aromatic heterocycles. The monoisotopic (exact) mass is 417 g/mol. The van der Waals surface area contributed by atoms with Crippen LogP contribution in [0.1, 0.15) is 51.0 Å². The van der Waals surface area contributed by atoms with E-state index in [9.17, 15) is 9.59 Å². The molecule has 1 heterocycles. The van der Waals surface area contributed by atoms with E-state index in [0.717, 1.165) is 21.9 Å². The van der Waals surface area contributed by atoms with Crippen LogP contribution in [0.5, 0.6) is 0 Å². The van der Waals surface area contributed by atoms with Crippen molar-refractivity contribution < 1.29 is 19.1 Å².